The van der Waals surface area contributed by atoms with Crippen LogP contribution in [-0.2, 0) is 70.1 Å². The number of esters is 1. The largest absolute Gasteiger partial charge is 0.466 e. The van der Waals surface area contributed by atoms with Crippen LogP contribution in [0.4, 0.5) is 0 Å². The molecule has 15 nitrogen and oxygen atoms in total. The fourth-order valence-corrected chi connectivity index (χ4v) is 7.11. The van der Waals surface area contributed by atoms with Crippen molar-refractivity contribution in [2.75, 3.05) is 13.2 Å². The predicted molar refractivity (Wildman–Crippen MR) is 166 cm³/mol. The molecule has 0 amide bonds. The Balaban J connectivity index is 1.10. The first-order valence-corrected chi connectivity index (χ1v) is 17.0. The molecule has 0 saturated carbocycles. The number of hydrogen-bond donors (Lipinski definition) is 0. The van der Waals surface area contributed by atoms with Crippen molar-refractivity contribution in [3.63, 3.8) is 0 Å². The van der Waals surface area contributed by atoms with Gasteiger partial charge in [-0.05, 0) is 54.0 Å². The molecule has 5 aliphatic rings. The van der Waals surface area contributed by atoms with Gasteiger partial charge < -0.3 is 52.1 Å². The van der Waals surface area contributed by atoms with Gasteiger partial charge in [0.05, 0.1) is 45.1 Å². The average Bonchev–Trinajstić information content (AvgIpc) is 3.86. The minimum atomic E-state index is -0.863. The summed E-state index contributed by atoms with van der Waals surface area (Å²) in [5.74, 6) is -2.86. The lowest BCUT2D eigenvalue weighted by Crippen LogP contribution is -2.44. The van der Waals surface area contributed by atoms with Gasteiger partial charge in [-0.2, -0.15) is 0 Å². The fourth-order valence-electron chi connectivity index (χ4n) is 7.11. The van der Waals surface area contributed by atoms with Crippen LogP contribution in [0.25, 0.3) is 0 Å². The van der Waals surface area contributed by atoms with Crippen LogP contribution in [0.3, 0.4) is 0 Å². The zero-order valence-corrected chi connectivity index (χ0v) is 29.0. The SMILES string of the molecule is CCOC(=O)CC(C1O[C@@H]2OC(C)(C)O[C@@H]2[C@H]1OCc1ccccc1)n1cc(COC2C(C3COC(C)(C)O3)OC3OC(C)(C)OC32)nn1. The summed E-state index contributed by atoms with van der Waals surface area (Å²) in [6.45, 7) is 13.8. The average molecular weight is 690 g/mol. The zero-order chi connectivity index (χ0) is 34.6. The summed E-state index contributed by atoms with van der Waals surface area (Å²) < 4.78 is 69.1. The van der Waals surface area contributed by atoms with Gasteiger partial charge >= 0.3 is 5.97 Å². The molecule has 0 radical (unpaired) electrons. The summed E-state index contributed by atoms with van der Waals surface area (Å²) in [6.07, 6.45) is -3.36. The molecular formula is C34H47N3O12. The highest BCUT2D eigenvalue weighted by molar-refractivity contribution is 5.70. The van der Waals surface area contributed by atoms with Gasteiger partial charge in [0, 0.05) is 0 Å². The lowest BCUT2D eigenvalue weighted by atomic mass is 10.0. The van der Waals surface area contributed by atoms with Crippen molar-refractivity contribution < 1.29 is 56.9 Å². The van der Waals surface area contributed by atoms with Crippen molar-refractivity contribution in [1.82, 2.24) is 15.0 Å². The van der Waals surface area contributed by atoms with Crippen LogP contribution in [0, 0.1) is 0 Å². The summed E-state index contributed by atoms with van der Waals surface area (Å²) in [5.41, 5.74) is 1.51. The summed E-state index contributed by atoms with van der Waals surface area (Å²) in [7, 11) is 0. The number of ether oxygens (including phenoxy) is 11. The van der Waals surface area contributed by atoms with E-state index in [9.17, 15) is 4.79 Å². The molecule has 1 aromatic heterocycles. The third kappa shape index (κ3) is 7.56. The first-order chi connectivity index (χ1) is 23.3. The highest BCUT2D eigenvalue weighted by atomic mass is 16.9. The Morgan fingerprint density at radius 2 is 1.53 bits per heavy atom. The number of carbonyl (C=O) groups excluding carboxylic acids is 1. The Kier molecular flexibility index (Phi) is 9.62. The maximum Gasteiger partial charge on any atom is 0.308 e. The van der Waals surface area contributed by atoms with Gasteiger partial charge in [-0.1, -0.05) is 35.5 Å². The smallest absolute Gasteiger partial charge is 0.308 e. The van der Waals surface area contributed by atoms with Crippen LogP contribution < -0.4 is 0 Å². The number of benzene rings is 1. The lowest BCUT2D eigenvalue weighted by molar-refractivity contribution is -0.236. The molecule has 0 bridgehead atoms. The number of aromatic nitrogens is 3. The maximum absolute atomic E-state index is 13.0. The third-order valence-corrected chi connectivity index (χ3v) is 9.12. The monoisotopic (exact) mass is 689 g/mol. The van der Waals surface area contributed by atoms with E-state index in [1.807, 2.05) is 71.9 Å². The van der Waals surface area contributed by atoms with E-state index in [-0.39, 0.29) is 25.7 Å². The molecule has 0 N–H and O–H groups in total. The van der Waals surface area contributed by atoms with E-state index in [0.717, 1.165) is 5.56 Å². The van der Waals surface area contributed by atoms with E-state index in [1.165, 1.54) is 0 Å². The normalized spacial score (nSPS) is 36.1. The molecule has 0 aliphatic carbocycles. The summed E-state index contributed by atoms with van der Waals surface area (Å²) in [5, 5.41) is 8.83. The molecule has 7 unspecified atom stereocenters. The van der Waals surface area contributed by atoms with E-state index in [2.05, 4.69) is 10.3 Å². The molecule has 10 atom stereocenters. The van der Waals surface area contributed by atoms with Crippen molar-refractivity contribution in [2.24, 2.45) is 0 Å². The van der Waals surface area contributed by atoms with E-state index in [4.69, 9.17) is 52.1 Å². The molecular weight excluding hydrogens is 642 g/mol. The van der Waals surface area contributed by atoms with Gasteiger partial charge in [0.25, 0.3) is 0 Å². The van der Waals surface area contributed by atoms with Crippen molar-refractivity contribution in [1.29, 1.82) is 0 Å². The Labute approximate surface area is 285 Å². The van der Waals surface area contributed by atoms with E-state index in [0.29, 0.717) is 18.9 Å². The Bertz CT molecular complexity index is 1450. The molecule has 5 saturated heterocycles. The number of hydrogen-bond acceptors (Lipinski definition) is 14. The number of nitrogens with zero attached hydrogens (tertiary/aromatic N) is 3. The van der Waals surface area contributed by atoms with E-state index in [1.54, 1.807) is 17.8 Å². The summed E-state index contributed by atoms with van der Waals surface area (Å²) in [4.78, 5) is 13.0. The molecule has 1 aromatic carbocycles. The highest BCUT2D eigenvalue weighted by Gasteiger charge is 2.60. The fraction of sp³-hybridized carbons (Fsp3) is 0.735. The quantitative estimate of drug-likeness (QED) is 0.300. The van der Waals surface area contributed by atoms with Crippen LogP contribution in [0.15, 0.2) is 36.5 Å². The number of carbonyl (C=O) groups is 1. The van der Waals surface area contributed by atoms with Gasteiger partial charge in [0.15, 0.2) is 29.9 Å². The summed E-state index contributed by atoms with van der Waals surface area (Å²) >= 11 is 0. The standard InChI is InChI=1S/C34H47N3O12/c1-8-39-23(38)14-21(24-26(40-16-19-12-10-9-11-13-19)28-30(43-24)48-33(4,5)46-28)37-15-20(35-36-37)17-41-27-25(22-18-42-32(2,3)45-22)44-31-29(27)47-34(6,7)49-31/h9-13,15,21-22,24-31H,8,14,16-18H2,1-7H3/t21?,22?,24?,25?,26-,27?,28+,29?,30+,31?/m0/s1. The minimum absolute atomic E-state index is 0.0481. The second-order valence-electron chi connectivity index (χ2n) is 14.3. The predicted octanol–water partition coefficient (Wildman–Crippen LogP) is 3.15. The molecule has 5 aliphatic heterocycles. The van der Waals surface area contributed by atoms with Gasteiger partial charge in [-0.15, -0.1) is 5.10 Å². The molecule has 0 spiro atoms. The van der Waals surface area contributed by atoms with Crippen LogP contribution in [-0.4, -0.2) is 107 Å². The first kappa shape index (κ1) is 34.9. The van der Waals surface area contributed by atoms with Gasteiger partial charge in [-0.25, -0.2) is 4.68 Å². The van der Waals surface area contributed by atoms with Crippen LogP contribution in [0.5, 0.6) is 0 Å². The first-order valence-electron chi connectivity index (χ1n) is 17.0. The Morgan fingerprint density at radius 3 is 2.20 bits per heavy atom. The molecule has 2 aromatic rings. The van der Waals surface area contributed by atoms with Crippen LogP contribution in [0.2, 0.25) is 0 Å². The highest BCUT2D eigenvalue weighted by Crippen LogP contribution is 2.44. The van der Waals surface area contributed by atoms with E-state index >= 15 is 0 Å². The van der Waals surface area contributed by atoms with Gasteiger partial charge in [0.2, 0.25) is 0 Å². The zero-order valence-electron chi connectivity index (χ0n) is 29.0. The minimum Gasteiger partial charge on any atom is -0.466 e. The molecule has 5 fully saturated rings. The molecule has 7 rings (SSSR count). The molecule has 270 valence electrons. The lowest BCUT2D eigenvalue weighted by Gasteiger charge is -2.30. The third-order valence-electron chi connectivity index (χ3n) is 9.12. The van der Waals surface area contributed by atoms with Gasteiger partial charge in [0.1, 0.15) is 48.4 Å². The van der Waals surface area contributed by atoms with Crippen LogP contribution >= 0.6 is 0 Å². The number of rotatable bonds is 12. The Hall–Kier alpha value is -2.57. The van der Waals surface area contributed by atoms with Crippen molar-refractivity contribution >= 4 is 5.97 Å². The second kappa shape index (κ2) is 13.5. The van der Waals surface area contributed by atoms with Crippen molar-refractivity contribution in [2.45, 2.75) is 147 Å². The number of fused-ring (bicyclic) bond motifs is 2. The molecule has 49 heavy (non-hydrogen) atoms. The van der Waals surface area contributed by atoms with Crippen LogP contribution in [0.1, 0.15) is 72.2 Å². The molecule has 6 heterocycles. The van der Waals surface area contributed by atoms with E-state index < -0.39 is 78.6 Å². The van der Waals surface area contributed by atoms with Gasteiger partial charge in [-0.3, -0.25) is 4.79 Å². The van der Waals surface area contributed by atoms with Crippen molar-refractivity contribution in [3.05, 3.63) is 47.8 Å². The Morgan fingerprint density at radius 1 is 0.857 bits per heavy atom. The summed E-state index contributed by atoms with van der Waals surface area (Å²) in [6, 6.07) is 9.16. The topological polar surface area (TPSA) is 149 Å². The maximum atomic E-state index is 13.0. The molecule has 15 heteroatoms. The van der Waals surface area contributed by atoms with Crippen molar-refractivity contribution in [3.8, 4) is 0 Å². The second-order valence-corrected chi connectivity index (χ2v) is 14.3.